The van der Waals surface area contributed by atoms with Crippen LogP contribution in [0.15, 0.2) is 35.7 Å². The summed E-state index contributed by atoms with van der Waals surface area (Å²) >= 11 is 7.64. The van der Waals surface area contributed by atoms with Gasteiger partial charge in [0.1, 0.15) is 6.04 Å². The number of para-hydroxylation sites is 1. The van der Waals surface area contributed by atoms with Gasteiger partial charge in [-0.2, -0.15) is 5.26 Å². The van der Waals surface area contributed by atoms with Crippen molar-refractivity contribution in [2.75, 3.05) is 5.32 Å². The first-order valence-corrected chi connectivity index (χ1v) is 6.43. The molecule has 17 heavy (non-hydrogen) atoms. The van der Waals surface area contributed by atoms with Gasteiger partial charge in [-0.1, -0.05) is 23.7 Å². The molecule has 1 atom stereocenters. The number of halogens is 1. The molecule has 1 heterocycles. The molecule has 2 aromatic rings. The van der Waals surface area contributed by atoms with Crippen LogP contribution in [0.3, 0.4) is 0 Å². The van der Waals surface area contributed by atoms with Crippen LogP contribution in [-0.2, 0) is 0 Å². The molecule has 4 heteroatoms. The van der Waals surface area contributed by atoms with E-state index >= 15 is 0 Å². The molecule has 0 amide bonds. The van der Waals surface area contributed by atoms with E-state index in [-0.39, 0.29) is 6.04 Å². The molecule has 0 aliphatic rings. The Bertz CT molecular complexity index is 557. The van der Waals surface area contributed by atoms with Crippen molar-refractivity contribution in [2.45, 2.75) is 13.0 Å². The summed E-state index contributed by atoms with van der Waals surface area (Å²) in [6.45, 7) is 2.00. The molecular weight excluding hydrogens is 252 g/mol. The van der Waals surface area contributed by atoms with Crippen molar-refractivity contribution in [3.05, 3.63) is 51.2 Å². The Labute approximate surface area is 109 Å². The molecule has 0 bridgehead atoms. The number of nitriles is 1. The molecule has 2 rings (SSSR count). The van der Waals surface area contributed by atoms with Crippen molar-refractivity contribution < 1.29 is 0 Å². The Morgan fingerprint density at radius 3 is 2.71 bits per heavy atom. The van der Waals surface area contributed by atoms with E-state index < -0.39 is 0 Å². The first-order valence-electron chi connectivity index (χ1n) is 5.17. The number of nitrogens with zero attached hydrogens (tertiary/aromatic N) is 1. The summed E-state index contributed by atoms with van der Waals surface area (Å²) in [6, 6.07) is 11.4. The van der Waals surface area contributed by atoms with Gasteiger partial charge in [0, 0.05) is 4.88 Å². The summed E-state index contributed by atoms with van der Waals surface area (Å²) in [5, 5.41) is 15.0. The quantitative estimate of drug-likeness (QED) is 0.891. The van der Waals surface area contributed by atoms with E-state index in [0.717, 1.165) is 16.1 Å². The van der Waals surface area contributed by atoms with Crippen LogP contribution < -0.4 is 5.32 Å². The summed E-state index contributed by atoms with van der Waals surface area (Å²) in [5.74, 6) is 0. The highest BCUT2D eigenvalue weighted by Gasteiger charge is 2.15. The highest BCUT2D eigenvalue weighted by molar-refractivity contribution is 7.10. The zero-order valence-corrected chi connectivity index (χ0v) is 10.8. The molecule has 0 spiro atoms. The number of benzene rings is 1. The minimum atomic E-state index is -0.352. The van der Waals surface area contributed by atoms with Crippen molar-refractivity contribution >= 4 is 28.6 Å². The van der Waals surface area contributed by atoms with Crippen LogP contribution in [0, 0.1) is 18.3 Å². The lowest BCUT2D eigenvalue weighted by Crippen LogP contribution is -2.08. The minimum Gasteiger partial charge on any atom is -0.364 e. The van der Waals surface area contributed by atoms with E-state index in [4.69, 9.17) is 11.6 Å². The topological polar surface area (TPSA) is 35.8 Å². The normalized spacial score (nSPS) is 11.8. The monoisotopic (exact) mass is 262 g/mol. The van der Waals surface area contributed by atoms with Gasteiger partial charge >= 0.3 is 0 Å². The number of hydrogen-bond donors (Lipinski definition) is 1. The van der Waals surface area contributed by atoms with Crippen molar-refractivity contribution in [1.82, 2.24) is 0 Å². The molecule has 86 valence electrons. The zero-order chi connectivity index (χ0) is 12.3. The second-order valence-electron chi connectivity index (χ2n) is 3.65. The summed E-state index contributed by atoms with van der Waals surface area (Å²) in [7, 11) is 0. The van der Waals surface area contributed by atoms with Gasteiger partial charge in [0.25, 0.3) is 0 Å². The highest BCUT2D eigenvalue weighted by atomic mass is 35.5. The summed E-state index contributed by atoms with van der Waals surface area (Å²) in [4.78, 5) is 1.03. The molecule has 0 radical (unpaired) electrons. The Morgan fingerprint density at radius 2 is 2.12 bits per heavy atom. The summed E-state index contributed by atoms with van der Waals surface area (Å²) in [5.41, 5.74) is 1.91. The maximum Gasteiger partial charge on any atom is 0.149 e. The number of aryl methyl sites for hydroxylation is 1. The number of thiophene rings is 1. The number of hydrogen-bond acceptors (Lipinski definition) is 3. The number of rotatable bonds is 3. The molecule has 0 saturated heterocycles. The summed E-state index contributed by atoms with van der Waals surface area (Å²) < 4.78 is 0. The standard InChI is InChI=1S/C13H11ClN2S/c1-9-6-7-17-13(9)12(8-15)16-11-5-3-2-4-10(11)14/h2-7,12,16H,1H3. The highest BCUT2D eigenvalue weighted by Crippen LogP contribution is 2.29. The number of nitrogens with one attached hydrogen (secondary N) is 1. The average molecular weight is 263 g/mol. The van der Waals surface area contributed by atoms with Crippen molar-refractivity contribution in [2.24, 2.45) is 0 Å². The SMILES string of the molecule is Cc1ccsc1C(C#N)Nc1ccccc1Cl. The largest absolute Gasteiger partial charge is 0.364 e. The van der Waals surface area contributed by atoms with E-state index in [2.05, 4.69) is 11.4 Å². The lowest BCUT2D eigenvalue weighted by molar-refractivity contribution is 1.01. The van der Waals surface area contributed by atoms with Gasteiger partial charge in [-0.15, -0.1) is 11.3 Å². The van der Waals surface area contributed by atoms with Gasteiger partial charge in [-0.05, 0) is 36.1 Å². The predicted molar refractivity (Wildman–Crippen MR) is 72.5 cm³/mol. The van der Waals surface area contributed by atoms with Crippen molar-refractivity contribution in [1.29, 1.82) is 5.26 Å². The van der Waals surface area contributed by atoms with E-state index in [1.807, 2.05) is 36.6 Å². The second kappa shape index (κ2) is 5.22. The molecule has 0 saturated carbocycles. The van der Waals surface area contributed by atoms with Crippen LogP contribution in [0.5, 0.6) is 0 Å². The molecule has 0 aliphatic heterocycles. The number of anilines is 1. The van der Waals surface area contributed by atoms with E-state index in [1.165, 1.54) is 0 Å². The third-order valence-corrected chi connectivity index (χ3v) is 3.88. The minimum absolute atomic E-state index is 0.352. The van der Waals surface area contributed by atoms with Crippen LogP contribution >= 0.6 is 22.9 Å². The maximum absolute atomic E-state index is 9.23. The first-order chi connectivity index (χ1) is 8.22. The maximum atomic E-state index is 9.23. The van der Waals surface area contributed by atoms with Gasteiger partial charge in [0.2, 0.25) is 0 Å². The van der Waals surface area contributed by atoms with E-state index in [0.29, 0.717) is 5.02 Å². The lowest BCUT2D eigenvalue weighted by atomic mass is 10.1. The van der Waals surface area contributed by atoms with Crippen molar-refractivity contribution in [3.63, 3.8) is 0 Å². The fourth-order valence-electron chi connectivity index (χ4n) is 1.57. The van der Waals surface area contributed by atoms with Crippen LogP contribution in [-0.4, -0.2) is 0 Å². The fourth-order valence-corrected chi connectivity index (χ4v) is 2.68. The molecule has 0 aliphatic carbocycles. The zero-order valence-electron chi connectivity index (χ0n) is 9.27. The predicted octanol–water partition coefficient (Wildman–Crippen LogP) is 4.39. The lowest BCUT2D eigenvalue weighted by Gasteiger charge is -2.13. The Morgan fingerprint density at radius 1 is 1.35 bits per heavy atom. The average Bonchev–Trinajstić information content (AvgIpc) is 2.75. The molecule has 1 N–H and O–H groups in total. The second-order valence-corrected chi connectivity index (χ2v) is 5.01. The molecule has 1 unspecified atom stereocenters. The first kappa shape index (κ1) is 12.0. The van der Waals surface area contributed by atoms with Crippen molar-refractivity contribution in [3.8, 4) is 6.07 Å². The fraction of sp³-hybridized carbons (Fsp3) is 0.154. The molecule has 1 aromatic heterocycles. The van der Waals surface area contributed by atoms with E-state index in [9.17, 15) is 5.26 Å². The van der Waals surface area contributed by atoms with E-state index in [1.54, 1.807) is 17.4 Å². The van der Waals surface area contributed by atoms with Gasteiger partial charge in [0.15, 0.2) is 0 Å². The Balaban J connectivity index is 2.26. The summed E-state index contributed by atoms with van der Waals surface area (Å²) in [6.07, 6.45) is 0. The third-order valence-electron chi connectivity index (χ3n) is 2.47. The van der Waals surface area contributed by atoms with Crippen LogP contribution in [0.25, 0.3) is 0 Å². The van der Waals surface area contributed by atoms with Crippen LogP contribution in [0.4, 0.5) is 5.69 Å². The third kappa shape index (κ3) is 2.60. The van der Waals surface area contributed by atoms with Crippen LogP contribution in [0.1, 0.15) is 16.5 Å². The molecular formula is C13H11ClN2S. The van der Waals surface area contributed by atoms with Gasteiger partial charge < -0.3 is 5.32 Å². The van der Waals surface area contributed by atoms with Gasteiger partial charge in [0.05, 0.1) is 16.8 Å². The van der Waals surface area contributed by atoms with Gasteiger partial charge in [-0.25, -0.2) is 0 Å². The Kier molecular flexibility index (Phi) is 3.68. The van der Waals surface area contributed by atoms with Gasteiger partial charge in [-0.3, -0.25) is 0 Å². The Hall–Kier alpha value is -1.50. The molecule has 0 fully saturated rings. The molecule has 1 aromatic carbocycles. The smallest absolute Gasteiger partial charge is 0.149 e. The van der Waals surface area contributed by atoms with Crippen LogP contribution in [0.2, 0.25) is 5.02 Å². The molecule has 2 nitrogen and oxygen atoms in total.